The van der Waals surface area contributed by atoms with Crippen LogP contribution >= 0.6 is 0 Å². The van der Waals surface area contributed by atoms with E-state index in [1.54, 1.807) is 6.92 Å². The number of hydrogen-bond acceptors (Lipinski definition) is 4. The van der Waals surface area contributed by atoms with Crippen molar-refractivity contribution >= 4 is 5.97 Å². The molecule has 0 saturated carbocycles. The fourth-order valence-corrected chi connectivity index (χ4v) is 0.201. The molecule has 0 aliphatic carbocycles. The van der Waals surface area contributed by atoms with Gasteiger partial charge in [0.05, 0.1) is 0 Å². The van der Waals surface area contributed by atoms with E-state index >= 15 is 0 Å². The van der Waals surface area contributed by atoms with Crippen molar-refractivity contribution < 1.29 is 19.7 Å². The van der Waals surface area contributed by atoms with Gasteiger partial charge in [0.1, 0.15) is 0 Å². The molecule has 0 heterocycles. The van der Waals surface area contributed by atoms with Gasteiger partial charge in [0.2, 0.25) is 0 Å². The number of esters is 1. The van der Waals surface area contributed by atoms with Crippen LogP contribution in [-0.2, 0) is 9.53 Å². The summed E-state index contributed by atoms with van der Waals surface area (Å²) >= 11 is 0. The Labute approximate surface area is 46.7 Å². The zero-order valence-electron chi connectivity index (χ0n) is 4.50. The van der Waals surface area contributed by atoms with Crippen LogP contribution in [0, 0.1) is 0 Å². The Kier molecular flexibility index (Phi) is 3.14. The maximum absolute atomic E-state index is 10.1. The van der Waals surface area contributed by atoms with Crippen molar-refractivity contribution in [1.82, 2.24) is 0 Å². The van der Waals surface area contributed by atoms with Crippen LogP contribution in [0.3, 0.4) is 0 Å². The minimum absolute atomic E-state index is 0.150. The van der Waals surface area contributed by atoms with Crippen molar-refractivity contribution in [3.05, 3.63) is 0 Å². The molecule has 0 radical (unpaired) electrons. The summed E-state index contributed by atoms with van der Waals surface area (Å²) in [5.41, 5.74) is 0. The lowest BCUT2D eigenvalue weighted by Crippen LogP contribution is -2.15. The highest BCUT2D eigenvalue weighted by Gasteiger charge is 2.01. The van der Waals surface area contributed by atoms with Crippen molar-refractivity contribution in [2.75, 3.05) is 0 Å². The molecule has 4 nitrogen and oxygen atoms in total. The molecule has 0 aromatic carbocycles. The average molecular weight is 120 g/mol. The third-order valence-electron chi connectivity index (χ3n) is 0.526. The van der Waals surface area contributed by atoms with E-state index in [-0.39, 0.29) is 6.42 Å². The highest BCUT2D eigenvalue weighted by Crippen LogP contribution is 1.85. The van der Waals surface area contributed by atoms with Gasteiger partial charge in [-0.2, -0.15) is 0 Å². The molecule has 0 aromatic rings. The van der Waals surface area contributed by atoms with E-state index in [1.165, 1.54) is 0 Å². The van der Waals surface area contributed by atoms with E-state index in [9.17, 15) is 4.79 Å². The molecule has 0 spiro atoms. The fourth-order valence-electron chi connectivity index (χ4n) is 0.201. The monoisotopic (exact) mass is 120 g/mol. The van der Waals surface area contributed by atoms with Crippen LogP contribution in [0.4, 0.5) is 0 Å². The number of hydrogen-bond donors (Lipinski definition) is 2. The Bertz CT molecular complexity index is 78.1. The Morgan fingerprint density at radius 2 is 2.25 bits per heavy atom. The summed E-state index contributed by atoms with van der Waals surface area (Å²) in [5.74, 6) is -0.625. The zero-order valence-corrected chi connectivity index (χ0v) is 4.50. The number of aliphatic hydroxyl groups is 2. The average Bonchev–Trinajstić information content (AvgIpc) is 1.65. The summed E-state index contributed by atoms with van der Waals surface area (Å²) in [6, 6.07) is 0. The molecule has 0 atom stereocenters. The van der Waals surface area contributed by atoms with Crippen molar-refractivity contribution in [3.63, 3.8) is 0 Å². The fraction of sp³-hybridized carbons (Fsp3) is 0.750. The van der Waals surface area contributed by atoms with Gasteiger partial charge in [-0.15, -0.1) is 0 Å². The minimum Gasteiger partial charge on any atom is -0.411 e. The smallest absolute Gasteiger partial charge is 0.313 e. The van der Waals surface area contributed by atoms with Crippen LogP contribution in [0.25, 0.3) is 0 Å². The number of carbonyl (C=O) groups excluding carboxylic acids is 1. The summed E-state index contributed by atoms with van der Waals surface area (Å²) in [5, 5.41) is 15.9. The molecule has 2 N–H and O–H groups in total. The van der Waals surface area contributed by atoms with Gasteiger partial charge in [0.15, 0.2) is 0 Å². The highest BCUT2D eigenvalue weighted by atomic mass is 16.7. The molecule has 0 unspecified atom stereocenters. The summed E-state index contributed by atoms with van der Waals surface area (Å²) in [6.07, 6.45) is 0.150. The predicted octanol–water partition coefficient (Wildman–Crippen LogP) is -0.792. The molecule has 0 aliphatic heterocycles. The summed E-state index contributed by atoms with van der Waals surface area (Å²) in [7, 11) is 0. The van der Waals surface area contributed by atoms with Crippen LogP contribution < -0.4 is 0 Å². The first-order valence-corrected chi connectivity index (χ1v) is 2.22. The first-order valence-electron chi connectivity index (χ1n) is 2.22. The van der Waals surface area contributed by atoms with Crippen molar-refractivity contribution in [2.24, 2.45) is 0 Å². The minimum atomic E-state index is -1.97. The van der Waals surface area contributed by atoms with Gasteiger partial charge in [0.25, 0.3) is 0 Å². The first kappa shape index (κ1) is 7.39. The lowest BCUT2D eigenvalue weighted by molar-refractivity contribution is -0.229. The van der Waals surface area contributed by atoms with Crippen LogP contribution in [0.15, 0.2) is 0 Å². The summed E-state index contributed by atoms with van der Waals surface area (Å²) in [4.78, 5) is 10.1. The van der Waals surface area contributed by atoms with Gasteiger partial charge in [-0.3, -0.25) is 4.79 Å². The van der Waals surface area contributed by atoms with Gasteiger partial charge in [-0.25, -0.2) is 0 Å². The van der Waals surface area contributed by atoms with Crippen molar-refractivity contribution in [3.8, 4) is 0 Å². The number of aliphatic hydroxyl groups excluding tert-OH is 1. The van der Waals surface area contributed by atoms with Crippen molar-refractivity contribution in [2.45, 2.75) is 19.8 Å². The Morgan fingerprint density at radius 3 is 2.38 bits per heavy atom. The quantitative estimate of drug-likeness (QED) is 0.370. The van der Waals surface area contributed by atoms with Gasteiger partial charge in [-0.05, 0) is 0 Å². The largest absolute Gasteiger partial charge is 0.411 e. The standard InChI is InChI=1S/C4H8O4/c1-2-3(5)8-4(6)7/h4,6-7H,2H2,1H3. The normalized spacial score (nSPS) is 9.50. The second-order valence-corrected chi connectivity index (χ2v) is 1.17. The molecule has 0 fully saturated rings. The van der Waals surface area contributed by atoms with Crippen molar-refractivity contribution in [1.29, 1.82) is 0 Å². The molecular weight excluding hydrogens is 112 g/mol. The van der Waals surface area contributed by atoms with E-state index in [0.29, 0.717) is 0 Å². The van der Waals surface area contributed by atoms with Crippen LogP contribution in [0.2, 0.25) is 0 Å². The highest BCUT2D eigenvalue weighted by molar-refractivity contribution is 5.68. The second-order valence-electron chi connectivity index (χ2n) is 1.17. The van der Waals surface area contributed by atoms with E-state index in [1.807, 2.05) is 0 Å². The summed E-state index contributed by atoms with van der Waals surface area (Å²) in [6.45, 7) is -0.410. The molecule has 0 aliphatic rings. The molecule has 0 saturated heterocycles. The van der Waals surface area contributed by atoms with Crippen LogP contribution in [-0.4, -0.2) is 22.7 Å². The predicted molar refractivity (Wildman–Crippen MR) is 24.6 cm³/mol. The van der Waals surface area contributed by atoms with E-state index in [0.717, 1.165) is 0 Å². The van der Waals surface area contributed by atoms with Crippen LogP contribution in [0.1, 0.15) is 13.3 Å². The third-order valence-corrected chi connectivity index (χ3v) is 0.526. The van der Waals surface area contributed by atoms with E-state index < -0.39 is 12.4 Å². The second kappa shape index (κ2) is 3.40. The Balaban J connectivity index is 3.25. The lowest BCUT2D eigenvalue weighted by atomic mass is 10.5. The van der Waals surface area contributed by atoms with E-state index in [4.69, 9.17) is 10.2 Å². The molecule has 0 aromatic heterocycles. The van der Waals surface area contributed by atoms with Gasteiger partial charge in [0, 0.05) is 6.42 Å². The number of ether oxygens (including phenoxy) is 1. The maximum Gasteiger partial charge on any atom is 0.313 e. The molecule has 0 rings (SSSR count). The number of rotatable bonds is 2. The topological polar surface area (TPSA) is 66.8 Å². The molecule has 48 valence electrons. The van der Waals surface area contributed by atoms with E-state index in [2.05, 4.69) is 4.74 Å². The summed E-state index contributed by atoms with van der Waals surface area (Å²) < 4.78 is 3.87. The van der Waals surface area contributed by atoms with Gasteiger partial charge in [-0.1, -0.05) is 6.92 Å². The molecule has 8 heavy (non-hydrogen) atoms. The van der Waals surface area contributed by atoms with Crippen LogP contribution in [0.5, 0.6) is 0 Å². The zero-order chi connectivity index (χ0) is 6.57. The van der Waals surface area contributed by atoms with Gasteiger partial charge >= 0.3 is 12.4 Å². The Hall–Kier alpha value is -0.610. The SMILES string of the molecule is CCC(=O)OC(O)O. The van der Waals surface area contributed by atoms with Gasteiger partial charge < -0.3 is 14.9 Å². The number of carbonyl (C=O) groups is 1. The molecule has 4 heteroatoms. The third kappa shape index (κ3) is 3.58. The molecular formula is C4H8O4. The first-order chi connectivity index (χ1) is 3.66. The molecule has 0 bridgehead atoms. The Morgan fingerprint density at radius 1 is 1.75 bits per heavy atom. The lowest BCUT2D eigenvalue weighted by Gasteiger charge is -2.01. The molecule has 0 amide bonds. The maximum atomic E-state index is 10.1.